The van der Waals surface area contributed by atoms with Gasteiger partial charge in [0.2, 0.25) is 0 Å². The van der Waals surface area contributed by atoms with E-state index in [2.05, 4.69) is 44.7 Å². The molecular formula is C62H57F2N7O6. The van der Waals surface area contributed by atoms with Crippen molar-refractivity contribution < 1.29 is 27.9 Å². The number of hydrogen-bond acceptors (Lipinski definition) is 8. The van der Waals surface area contributed by atoms with Crippen LogP contribution in [0.3, 0.4) is 0 Å². The maximum absolute atomic E-state index is 14.9. The van der Waals surface area contributed by atoms with E-state index in [1.165, 1.54) is 60.1 Å². The van der Waals surface area contributed by atoms with Crippen molar-refractivity contribution in [1.82, 2.24) is 35.1 Å². The summed E-state index contributed by atoms with van der Waals surface area (Å²) in [5.74, 6) is -0.157. The molecule has 2 aromatic heterocycles. The minimum absolute atomic E-state index is 0.00488. The number of ether oxygens (including phenoxy) is 1. The first kappa shape index (κ1) is 49.5. The fourth-order valence-corrected chi connectivity index (χ4v) is 11.4. The molecule has 0 spiro atoms. The van der Waals surface area contributed by atoms with E-state index in [1.54, 1.807) is 58.3 Å². The van der Waals surface area contributed by atoms with Gasteiger partial charge in [0.15, 0.2) is 0 Å². The second-order valence-corrected chi connectivity index (χ2v) is 21.4. The van der Waals surface area contributed by atoms with Crippen LogP contribution in [0.15, 0.2) is 143 Å². The van der Waals surface area contributed by atoms with Crippen LogP contribution in [-0.2, 0) is 17.6 Å². The van der Waals surface area contributed by atoms with Crippen LogP contribution in [0.5, 0.6) is 0 Å². The third kappa shape index (κ3) is 10.4. The van der Waals surface area contributed by atoms with Gasteiger partial charge in [-0.15, -0.1) is 0 Å². The summed E-state index contributed by atoms with van der Waals surface area (Å²) in [7, 11) is 0. The number of carbonyl (C=O) groups is 3. The van der Waals surface area contributed by atoms with Crippen LogP contribution in [0, 0.1) is 29.4 Å². The lowest BCUT2D eigenvalue weighted by molar-refractivity contribution is 0.0366. The summed E-state index contributed by atoms with van der Waals surface area (Å²) in [6.45, 7) is 3.09. The maximum Gasteiger partial charge on any atom is 0.410 e. The molecule has 0 radical (unpaired) electrons. The third-order valence-electron chi connectivity index (χ3n) is 16.0. The lowest BCUT2D eigenvalue weighted by atomic mass is 9.92. The van der Waals surface area contributed by atoms with E-state index in [4.69, 9.17) is 4.74 Å². The van der Waals surface area contributed by atoms with Gasteiger partial charge in [-0.3, -0.25) is 19.2 Å². The number of hydrogen-bond donors (Lipinski definition) is 2. The molecular weight excluding hydrogens is 977 g/mol. The number of aromatic nitrogens is 4. The lowest BCUT2D eigenvalue weighted by Gasteiger charge is -2.41. The number of aromatic amines is 2. The largest absolute Gasteiger partial charge is 0.448 e. The minimum atomic E-state index is -0.584. The quantitative estimate of drug-likeness (QED) is 0.109. The molecule has 0 atom stereocenters. The van der Waals surface area contributed by atoms with Crippen molar-refractivity contribution in [1.29, 1.82) is 0 Å². The molecule has 13 nitrogen and oxygen atoms in total. The van der Waals surface area contributed by atoms with Crippen LogP contribution in [0.4, 0.5) is 13.6 Å². The second kappa shape index (κ2) is 21.0. The Morgan fingerprint density at radius 1 is 0.558 bits per heavy atom. The lowest BCUT2D eigenvalue weighted by Crippen LogP contribution is -2.55. The number of benzene rings is 6. The topological polar surface area (TPSA) is 162 Å². The molecule has 2 saturated carbocycles. The number of carbonyl (C=O) groups excluding carboxylic acids is 3. The van der Waals surface area contributed by atoms with Crippen LogP contribution in [0.1, 0.15) is 98.8 Å². The normalized spacial score (nSPS) is 16.0. The Hall–Kier alpha value is -8.33. The highest BCUT2D eigenvalue weighted by molar-refractivity contribution is 5.96. The van der Waals surface area contributed by atoms with Gasteiger partial charge in [0.05, 0.1) is 33.3 Å². The Balaban J connectivity index is 0.000000171. The Kier molecular flexibility index (Phi) is 13.5. The summed E-state index contributed by atoms with van der Waals surface area (Å²) < 4.78 is 35.3. The fourth-order valence-electron chi connectivity index (χ4n) is 11.4. The number of rotatable bonds is 14. The number of H-pyrrole nitrogens is 2. The molecule has 2 aliphatic heterocycles. The van der Waals surface area contributed by atoms with E-state index in [0.717, 1.165) is 48.2 Å². The first-order chi connectivity index (χ1) is 37.5. The van der Waals surface area contributed by atoms with Crippen LogP contribution in [0.2, 0.25) is 0 Å². The fraction of sp³-hybridized carbons (Fsp3) is 0.306. The molecule has 3 aliphatic carbocycles. The van der Waals surface area contributed by atoms with E-state index in [9.17, 15) is 32.8 Å². The number of halogens is 2. The van der Waals surface area contributed by atoms with E-state index in [-0.39, 0.29) is 64.6 Å². The Bertz CT molecular complexity index is 3660. The van der Waals surface area contributed by atoms with Crippen molar-refractivity contribution in [2.75, 3.05) is 39.3 Å². The van der Waals surface area contributed by atoms with Gasteiger partial charge in [0.25, 0.3) is 22.9 Å². The Morgan fingerprint density at radius 2 is 1.01 bits per heavy atom. The molecule has 8 aromatic rings. The molecule has 5 aliphatic rings. The van der Waals surface area contributed by atoms with Crippen LogP contribution >= 0.6 is 0 Å². The van der Waals surface area contributed by atoms with Crippen molar-refractivity contribution in [2.24, 2.45) is 17.8 Å². The smallest absolute Gasteiger partial charge is 0.410 e. The van der Waals surface area contributed by atoms with Gasteiger partial charge in [0.1, 0.15) is 18.2 Å². The number of nitrogens with one attached hydrogen (secondary N) is 2. The molecule has 3 amide bonds. The number of nitrogens with zero attached hydrogens (tertiary/aromatic N) is 5. The molecule has 4 heterocycles. The van der Waals surface area contributed by atoms with Gasteiger partial charge in [-0.05, 0) is 101 Å². The maximum atomic E-state index is 14.9. The number of likely N-dealkylation sites (tertiary alicyclic amines) is 2. The van der Waals surface area contributed by atoms with Gasteiger partial charge in [-0.25, -0.2) is 23.8 Å². The summed E-state index contributed by atoms with van der Waals surface area (Å²) in [4.78, 5) is 69.0. The summed E-state index contributed by atoms with van der Waals surface area (Å²) in [5.41, 5.74) is 7.16. The second-order valence-electron chi connectivity index (χ2n) is 21.4. The molecule has 2 saturated heterocycles. The zero-order chi connectivity index (χ0) is 52.7. The van der Waals surface area contributed by atoms with E-state index in [0.29, 0.717) is 66.1 Å². The highest BCUT2D eigenvalue weighted by Crippen LogP contribution is 2.45. The molecule has 77 heavy (non-hydrogen) atoms. The summed E-state index contributed by atoms with van der Waals surface area (Å²) in [6, 6.07) is 40.3. The summed E-state index contributed by atoms with van der Waals surface area (Å²) in [5, 5.41) is 16.0. The van der Waals surface area contributed by atoms with Gasteiger partial charge in [-0.1, -0.05) is 116 Å². The molecule has 4 fully saturated rings. The highest BCUT2D eigenvalue weighted by atomic mass is 19.1. The van der Waals surface area contributed by atoms with Crippen molar-refractivity contribution in [3.63, 3.8) is 0 Å². The minimum Gasteiger partial charge on any atom is -0.448 e. The average Bonchev–Trinajstić information content (AvgIpc) is 4.45. The number of amides is 3. The molecule has 390 valence electrons. The molecule has 0 bridgehead atoms. The summed E-state index contributed by atoms with van der Waals surface area (Å²) >= 11 is 0. The van der Waals surface area contributed by atoms with Crippen LogP contribution in [-0.4, -0.2) is 98.4 Å². The highest BCUT2D eigenvalue weighted by Gasteiger charge is 2.41. The van der Waals surface area contributed by atoms with E-state index in [1.807, 2.05) is 53.4 Å². The van der Waals surface area contributed by atoms with Crippen LogP contribution < -0.4 is 11.1 Å². The zero-order valence-electron chi connectivity index (χ0n) is 42.4. The van der Waals surface area contributed by atoms with Gasteiger partial charge in [0, 0.05) is 74.2 Å². The summed E-state index contributed by atoms with van der Waals surface area (Å²) in [6.07, 6.45) is 7.44. The third-order valence-corrected chi connectivity index (χ3v) is 16.0. The van der Waals surface area contributed by atoms with Gasteiger partial charge in [-0.2, -0.15) is 10.2 Å². The SMILES string of the molecule is O=C(c1cc(Cc2n[nH]c(=O)c3ccccc23)ccc1F)N1CC(CCC2CC2)C1.O=C(c1cc(Cc2n[nH]c(=O)c3ccccc23)ccc1F)N1CC(CN(C(=O)OCC2c3ccccc3-c3ccccc32)C2CC2)C1. The predicted molar refractivity (Wildman–Crippen MR) is 289 cm³/mol. The van der Waals surface area contributed by atoms with Crippen molar-refractivity contribution in [3.8, 4) is 11.1 Å². The first-order valence-corrected chi connectivity index (χ1v) is 26.7. The zero-order valence-corrected chi connectivity index (χ0v) is 42.4. The van der Waals surface area contributed by atoms with E-state index >= 15 is 0 Å². The van der Waals surface area contributed by atoms with Gasteiger partial charge >= 0.3 is 6.09 Å². The monoisotopic (exact) mass is 1030 g/mol. The van der Waals surface area contributed by atoms with Crippen LogP contribution in [0.25, 0.3) is 32.7 Å². The Morgan fingerprint density at radius 3 is 1.51 bits per heavy atom. The average molecular weight is 1030 g/mol. The van der Waals surface area contributed by atoms with Gasteiger partial charge < -0.3 is 19.4 Å². The number of fused-ring (bicyclic) bond motifs is 5. The van der Waals surface area contributed by atoms with E-state index < -0.39 is 11.6 Å². The van der Waals surface area contributed by atoms with Crippen molar-refractivity contribution in [2.45, 2.75) is 63.3 Å². The van der Waals surface area contributed by atoms with Crippen molar-refractivity contribution >= 4 is 39.5 Å². The standard InChI is InChI=1S/C38H33FN4O4.C24H24FN3O2/c39-34-16-13-23(18-35-30-11-5-6-12-31(30)36(44)41-40-35)17-32(34)37(45)42-19-24(20-42)21-43(25-14-15-25)38(46)47-22-33-28-9-3-1-7-26(28)27-8-2-4-10-29(27)33;25-21-10-9-16(12-22-18-3-1-2-4-19(18)23(29)27-26-22)11-20(21)24(30)28-13-17(14-28)8-7-15-5-6-15/h1-13,16-17,24-25,33H,14-15,18-22H2,(H,41,44);1-4,9-11,15,17H,5-8,12-14H2,(H,27,29). The Labute approximate surface area is 442 Å². The molecule has 2 N–H and O–H groups in total. The predicted octanol–water partition coefficient (Wildman–Crippen LogP) is 10.1. The molecule has 0 unspecified atom stereocenters. The van der Waals surface area contributed by atoms with Crippen molar-refractivity contribution in [3.05, 3.63) is 211 Å². The first-order valence-electron chi connectivity index (χ1n) is 26.7. The molecule has 15 heteroatoms. The molecule has 6 aromatic carbocycles. The molecule has 13 rings (SSSR count).